The lowest BCUT2D eigenvalue weighted by Crippen LogP contribution is -2.27. The van der Waals surface area contributed by atoms with Crippen LogP contribution in [0.15, 0.2) is 54.6 Å². The van der Waals surface area contributed by atoms with Gasteiger partial charge in [0.1, 0.15) is 5.88 Å². The number of para-hydroxylation sites is 2. The highest BCUT2D eigenvalue weighted by molar-refractivity contribution is 14.1. The fraction of sp³-hybridized carbons (Fsp3) is 0.0714. The molecule has 0 saturated heterocycles. The molecule has 0 radical (unpaired) electrons. The predicted molar refractivity (Wildman–Crippen MR) is 83.5 cm³/mol. The van der Waals surface area contributed by atoms with Crippen LogP contribution in [0.4, 0.5) is 11.4 Å². The van der Waals surface area contributed by atoms with Crippen molar-refractivity contribution < 1.29 is 4.79 Å². The molecular weight excluding hydrogens is 361 g/mol. The van der Waals surface area contributed by atoms with E-state index < -0.39 is 0 Å². The maximum Gasteiger partial charge on any atom is 0.246 e. The number of hydrogen-bond acceptors (Lipinski definition) is 1. The second-order valence-electron chi connectivity index (χ2n) is 3.65. The first-order chi connectivity index (χ1) is 8.74. The van der Waals surface area contributed by atoms with Crippen LogP contribution in [-0.2, 0) is 4.79 Å². The molecule has 0 N–H and O–H groups in total. The van der Waals surface area contributed by atoms with Crippen LogP contribution >= 0.6 is 34.2 Å². The molecule has 0 aromatic heterocycles. The minimum Gasteiger partial charge on any atom is -0.279 e. The van der Waals surface area contributed by atoms with Gasteiger partial charge in [-0.15, -0.1) is 11.6 Å². The standard InChI is InChI=1S/C14H11ClINO/c15-10-14(18)17(11-6-2-1-3-7-11)13-9-5-4-8-12(13)16/h1-9H,10H2. The van der Waals surface area contributed by atoms with Gasteiger partial charge in [0.15, 0.2) is 0 Å². The molecule has 0 unspecified atom stereocenters. The maximum atomic E-state index is 12.1. The number of alkyl halides is 1. The quantitative estimate of drug-likeness (QED) is 0.585. The molecule has 18 heavy (non-hydrogen) atoms. The van der Waals surface area contributed by atoms with Crippen molar-refractivity contribution in [3.05, 3.63) is 58.2 Å². The summed E-state index contributed by atoms with van der Waals surface area (Å²) in [4.78, 5) is 13.7. The Morgan fingerprint density at radius 3 is 2.28 bits per heavy atom. The zero-order valence-electron chi connectivity index (χ0n) is 9.51. The summed E-state index contributed by atoms with van der Waals surface area (Å²) in [6, 6.07) is 17.3. The Morgan fingerprint density at radius 1 is 1.06 bits per heavy atom. The van der Waals surface area contributed by atoms with Crippen LogP contribution in [-0.4, -0.2) is 11.8 Å². The van der Waals surface area contributed by atoms with Crippen LogP contribution in [0.1, 0.15) is 0 Å². The molecule has 0 aliphatic rings. The van der Waals surface area contributed by atoms with Gasteiger partial charge in [0.05, 0.1) is 5.69 Å². The van der Waals surface area contributed by atoms with Gasteiger partial charge in [0.2, 0.25) is 5.91 Å². The van der Waals surface area contributed by atoms with Crippen LogP contribution in [0.5, 0.6) is 0 Å². The van der Waals surface area contributed by atoms with E-state index in [1.54, 1.807) is 4.90 Å². The second kappa shape index (κ2) is 6.20. The van der Waals surface area contributed by atoms with Crippen molar-refractivity contribution in [2.24, 2.45) is 0 Å². The topological polar surface area (TPSA) is 20.3 Å². The number of halogens is 2. The molecular formula is C14H11ClINO. The SMILES string of the molecule is O=C(CCl)N(c1ccccc1)c1ccccc1I. The van der Waals surface area contributed by atoms with E-state index in [1.807, 2.05) is 54.6 Å². The zero-order valence-corrected chi connectivity index (χ0v) is 12.4. The molecule has 0 fully saturated rings. The largest absolute Gasteiger partial charge is 0.279 e. The van der Waals surface area contributed by atoms with Crippen molar-refractivity contribution in [3.8, 4) is 0 Å². The molecule has 0 bridgehead atoms. The van der Waals surface area contributed by atoms with E-state index in [-0.39, 0.29) is 11.8 Å². The number of anilines is 2. The van der Waals surface area contributed by atoms with E-state index in [1.165, 1.54) is 0 Å². The minimum absolute atomic E-state index is 0.0418. The molecule has 0 heterocycles. The van der Waals surface area contributed by atoms with Crippen molar-refractivity contribution >= 4 is 51.5 Å². The first-order valence-electron chi connectivity index (χ1n) is 5.42. The third-order valence-electron chi connectivity index (χ3n) is 2.47. The van der Waals surface area contributed by atoms with E-state index in [0.717, 1.165) is 14.9 Å². The average molecular weight is 372 g/mol. The van der Waals surface area contributed by atoms with Gasteiger partial charge in [-0.25, -0.2) is 0 Å². The predicted octanol–water partition coefficient (Wildman–Crippen LogP) is 4.19. The molecule has 1 amide bonds. The molecule has 4 heteroatoms. The van der Waals surface area contributed by atoms with Gasteiger partial charge in [-0.1, -0.05) is 30.3 Å². The lowest BCUT2D eigenvalue weighted by Gasteiger charge is -2.23. The molecule has 92 valence electrons. The molecule has 0 spiro atoms. The van der Waals surface area contributed by atoms with Crippen molar-refractivity contribution in [3.63, 3.8) is 0 Å². The van der Waals surface area contributed by atoms with Crippen LogP contribution < -0.4 is 4.90 Å². The van der Waals surface area contributed by atoms with Crippen LogP contribution in [0.3, 0.4) is 0 Å². The Labute approximate surface area is 125 Å². The minimum atomic E-state index is -0.132. The summed E-state index contributed by atoms with van der Waals surface area (Å²) in [5, 5.41) is 0. The molecule has 2 nitrogen and oxygen atoms in total. The van der Waals surface area contributed by atoms with Gasteiger partial charge in [0.25, 0.3) is 0 Å². The van der Waals surface area contributed by atoms with E-state index in [0.29, 0.717) is 0 Å². The number of amides is 1. The summed E-state index contributed by atoms with van der Waals surface area (Å²) < 4.78 is 1.01. The number of nitrogens with zero attached hydrogens (tertiary/aromatic N) is 1. The van der Waals surface area contributed by atoms with Crippen molar-refractivity contribution in [1.29, 1.82) is 0 Å². The van der Waals surface area contributed by atoms with Gasteiger partial charge >= 0.3 is 0 Å². The summed E-state index contributed by atoms with van der Waals surface area (Å²) in [7, 11) is 0. The highest BCUT2D eigenvalue weighted by atomic mass is 127. The lowest BCUT2D eigenvalue weighted by atomic mass is 10.2. The Morgan fingerprint density at radius 2 is 1.67 bits per heavy atom. The lowest BCUT2D eigenvalue weighted by molar-refractivity contribution is -0.115. The van der Waals surface area contributed by atoms with Crippen molar-refractivity contribution in [2.75, 3.05) is 10.8 Å². The fourth-order valence-electron chi connectivity index (χ4n) is 1.69. The van der Waals surface area contributed by atoms with Crippen LogP contribution in [0.2, 0.25) is 0 Å². The Bertz CT molecular complexity index is 545. The Balaban J connectivity index is 2.51. The second-order valence-corrected chi connectivity index (χ2v) is 5.08. The molecule has 2 aromatic rings. The average Bonchev–Trinajstić information content (AvgIpc) is 2.42. The highest BCUT2D eigenvalue weighted by Gasteiger charge is 2.18. The number of benzene rings is 2. The van der Waals surface area contributed by atoms with Crippen LogP contribution in [0, 0.1) is 3.57 Å². The van der Waals surface area contributed by atoms with Crippen molar-refractivity contribution in [1.82, 2.24) is 0 Å². The Hall–Kier alpha value is -1.07. The highest BCUT2D eigenvalue weighted by Crippen LogP contribution is 2.29. The monoisotopic (exact) mass is 371 g/mol. The van der Waals surface area contributed by atoms with Gasteiger partial charge in [-0.3, -0.25) is 9.69 Å². The van der Waals surface area contributed by atoms with E-state index in [9.17, 15) is 4.79 Å². The van der Waals surface area contributed by atoms with Gasteiger partial charge < -0.3 is 0 Å². The summed E-state index contributed by atoms with van der Waals surface area (Å²) in [5.74, 6) is -0.174. The third kappa shape index (κ3) is 2.84. The molecule has 0 atom stereocenters. The van der Waals surface area contributed by atoms with E-state index in [2.05, 4.69) is 22.6 Å². The maximum absolute atomic E-state index is 12.1. The molecule has 0 aliphatic carbocycles. The number of carbonyl (C=O) groups excluding carboxylic acids is 1. The van der Waals surface area contributed by atoms with Gasteiger partial charge in [-0.05, 0) is 46.9 Å². The Kier molecular flexibility index (Phi) is 4.60. The summed E-state index contributed by atoms with van der Waals surface area (Å²) in [5.41, 5.74) is 1.68. The van der Waals surface area contributed by atoms with Gasteiger partial charge in [-0.2, -0.15) is 0 Å². The van der Waals surface area contributed by atoms with Crippen molar-refractivity contribution in [2.45, 2.75) is 0 Å². The zero-order chi connectivity index (χ0) is 13.0. The molecule has 2 aromatic carbocycles. The van der Waals surface area contributed by atoms with E-state index in [4.69, 9.17) is 11.6 Å². The van der Waals surface area contributed by atoms with Crippen LogP contribution in [0.25, 0.3) is 0 Å². The van der Waals surface area contributed by atoms with Gasteiger partial charge in [0, 0.05) is 9.26 Å². The summed E-state index contributed by atoms with van der Waals surface area (Å²) in [6.07, 6.45) is 0. The smallest absolute Gasteiger partial charge is 0.246 e. The van der Waals surface area contributed by atoms with E-state index >= 15 is 0 Å². The molecule has 2 rings (SSSR count). The first-order valence-corrected chi connectivity index (χ1v) is 7.04. The first kappa shape index (κ1) is 13.4. The number of hydrogen-bond donors (Lipinski definition) is 0. The number of rotatable bonds is 3. The summed E-state index contributed by atoms with van der Waals surface area (Å²) in [6.45, 7) is 0. The number of carbonyl (C=O) groups is 1. The molecule has 0 saturated carbocycles. The summed E-state index contributed by atoms with van der Waals surface area (Å²) >= 11 is 7.92. The molecule has 0 aliphatic heterocycles. The third-order valence-corrected chi connectivity index (χ3v) is 3.61. The fourth-order valence-corrected chi connectivity index (χ4v) is 2.44. The normalized spacial score (nSPS) is 10.1.